The summed E-state index contributed by atoms with van der Waals surface area (Å²) in [5.74, 6) is 0. The molecule has 12 heavy (non-hydrogen) atoms. The van der Waals surface area contributed by atoms with E-state index in [0.29, 0.717) is 0 Å². The maximum Gasteiger partial charge on any atom is 0.0631 e. The zero-order valence-electron chi connectivity index (χ0n) is 7.84. The quantitative estimate of drug-likeness (QED) is 0.548. The number of allylic oxidation sites excluding steroid dienone is 1. The van der Waals surface area contributed by atoms with Crippen molar-refractivity contribution in [1.29, 1.82) is 0 Å². The van der Waals surface area contributed by atoms with Gasteiger partial charge in [0.1, 0.15) is 0 Å². The summed E-state index contributed by atoms with van der Waals surface area (Å²) in [6.07, 6.45) is 9.41. The Morgan fingerprint density at radius 2 is 2.33 bits per heavy atom. The smallest absolute Gasteiger partial charge is 0.0631 e. The summed E-state index contributed by atoms with van der Waals surface area (Å²) in [7, 11) is 0. The average Bonchev–Trinajstić information content (AvgIpc) is 2.07. The third-order valence-corrected chi connectivity index (χ3v) is 3.68. The molecule has 0 aliphatic heterocycles. The molecular weight excluding hydrogens is 148 g/mol. The van der Waals surface area contributed by atoms with E-state index in [1.807, 2.05) is 0 Å². The van der Waals surface area contributed by atoms with E-state index < -0.39 is 0 Å². The van der Waals surface area contributed by atoms with Gasteiger partial charge in [0.25, 0.3) is 0 Å². The normalized spacial score (nSPS) is 41.8. The third-order valence-electron chi connectivity index (χ3n) is 3.68. The lowest BCUT2D eigenvalue weighted by Gasteiger charge is -2.43. The summed E-state index contributed by atoms with van der Waals surface area (Å²) in [5.41, 5.74) is 1.68. The second-order valence-electron chi connectivity index (χ2n) is 4.45. The van der Waals surface area contributed by atoms with Crippen LogP contribution in [0.15, 0.2) is 11.6 Å². The predicted octanol–water partition coefficient (Wildman–Crippen LogP) is 2.65. The number of aliphatic hydroxyl groups is 1. The van der Waals surface area contributed by atoms with Crippen LogP contribution in [0.4, 0.5) is 0 Å². The van der Waals surface area contributed by atoms with Crippen LogP contribution < -0.4 is 0 Å². The fourth-order valence-electron chi connectivity index (χ4n) is 2.71. The molecule has 1 N–H and O–H groups in total. The summed E-state index contributed by atoms with van der Waals surface area (Å²) in [6.45, 7) is 2.24. The van der Waals surface area contributed by atoms with Crippen molar-refractivity contribution in [3.05, 3.63) is 11.6 Å². The Balaban J connectivity index is 2.28. The van der Waals surface area contributed by atoms with Crippen LogP contribution in [-0.4, -0.2) is 11.2 Å². The van der Waals surface area contributed by atoms with Crippen LogP contribution in [0.5, 0.6) is 0 Å². The van der Waals surface area contributed by atoms with Crippen molar-refractivity contribution in [3.63, 3.8) is 0 Å². The minimum absolute atomic E-state index is 0.0715. The minimum atomic E-state index is -0.0715. The molecule has 2 aliphatic rings. The first-order chi connectivity index (χ1) is 5.73. The van der Waals surface area contributed by atoms with Crippen LogP contribution in [0, 0.1) is 5.41 Å². The van der Waals surface area contributed by atoms with Crippen molar-refractivity contribution < 1.29 is 5.11 Å². The summed E-state index contributed by atoms with van der Waals surface area (Å²) in [4.78, 5) is 0. The number of aliphatic hydroxyl groups excluding tert-OH is 1. The first-order valence-corrected chi connectivity index (χ1v) is 5.11. The Hall–Kier alpha value is -0.300. The monoisotopic (exact) mass is 166 g/mol. The molecule has 0 amide bonds. The van der Waals surface area contributed by atoms with Gasteiger partial charge in [-0.15, -0.1) is 0 Å². The molecule has 0 bridgehead atoms. The highest BCUT2D eigenvalue weighted by Crippen LogP contribution is 2.46. The molecule has 68 valence electrons. The molecular formula is C11H18O. The lowest BCUT2D eigenvalue weighted by Crippen LogP contribution is -2.38. The van der Waals surface area contributed by atoms with Gasteiger partial charge in [-0.2, -0.15) is 0 Å². The summed E-state index contributed by atoms with van der Waals surface area (Å²) in [5, 5.41) is 9.92. The molecule has 0 heterocycles. The molecule has 0 aromatic carbocycles. The molecule has 1 heteroatoms. The van der Waals surface area contributed by atoms with Crippen LogP contribution in [0.25, 0.3) is 0 Å². The Labute approximate surface area is 74.5 Å². The van der Waals surface area contributed by atoms with E-state index in [4.69, 9.17) is 0 Å². The van der Waals surface area contributed by atoms with Crippen LogP contribution in [-0.2, 0) is 0 Å². The SMILES string of the molecule is C[C@]12CCCC=C1CCC[C@@H]2O. The fraction of sp³-hybridized carbons (Fsp3) is 0.818. The van der Waals surface area contributed by atoms with Crippen molar-refractivity contribution in [2.45, 2.75) is 51.6 Å². The lowest BCUT2D eigenvalue weighted by molar-refractivity contribution is 0.0261. The zero-order chi connectivity index (χ0) is 8.60. The number of fused-ring (bicyclic) bond motifs is 1. The molecule has 0 saturated heterocycles. The van der Waals surface area contributed by atoms with Gasteiger partial charge in [-0.3, -0.25) is 0 Å². The van der Waals surface area contributed by atoms with Gasteiger partial charge in [-0.05, 0) is 38.5 Å². The number of hydrogen-bond donors (Lipinski definition) is 1. The molecule has 0 spiro atoms. The molecule has 0 aromatic rings. The molecule has 1 nitrogen and oxygen atoms in total. The summed E-state index contributed by atoms with van der Waals surface area (Å²) >= 11 is 0. The van der Waals surface area contributed by atoms with Crippen LogP contribution in [0.2, 0.25) is 0 Å². The van der Waals surface area contributed by atoms with E-state index in [2.05, 4.69) is 13.0 Å². The van der Waals surface area contributed by atoms with Gasteiger partial charge in [0.15, 0.2) is 0 Å². The average molecular weight is 166 g/mol. The van der Waals surface area contributed by atoms with Gasteiger partial charge in [-0.1, -0.05) is 18.6 Å². The van der Waals surface area contributed by atoms with E-state index in [1.54, 1.807) is 0 Å². The van der Waals surface area contributed by atoms with Gasteiger partial charge >= 0.3 is 0 Å². The van der Waals surface area contributed by atoms with E-state index in [9.17, 15) is 5.11 Å². The topological polar surface area (TPSA) is 20.2 Å². The Morgan fingerprint density at radius 3 is 3.08 bits per heavy atom. The van der Waals surface area contributed by atoms with Gasteiger partial charge in [0, 0.05) is 5.41 Å². The highest BCUT2D eigenvalue weighted by molar-refractivity contribution is 5.20. The van der Waals surface area contributed by atoms with E-state index in [1.165, 1.54) is 37.7 Å². The van der Waals surface area contributed by atoms with Gasteiger partial charge in [-0.25, -0.2) is 0 Å². The van der Waals surface area contributed by atoms with Gasteiger partial charge < -0.3 is 5.11 Å². The Kier molecular flexibility index (Phi) is 1.99. The van der Waals surface area contributed by atoms with Crippen LogP contribution in [0.1, 0.15) is 45.4 Å². The number of hydrogen-bond acceptors (Lipinski definition) is 1. The lowest BCUT2D eigenvalue weighted by atomic mass is 9.64. The summed E-state index contributed by atoms with van der Waals surface area (Å²) < 4.78 is 0. The molecule has 2 aliphatic carbocycles. The minimum Gasteiger partial charge on any atom is -0.392 e. The zero-order valence-corrected chi connectivity index (χ0v) is 7.84. The molecule has 1 fully saturated rings. The van der Waals surface area contributed by atoms with E-state index in [0.717, 1.165) is 6.42 Å². The van der Waals surface area contributed by atoms with E-state index in [-0.39, 0.29) is 11.5 Å². The molecule has 2 rings (SSSR count). The van der Waals surface area contributed by atoms with Crippen molar-refractivity contribution in [1.82, 2.24) is 0 Å². The van der Waals surface area contributed by atoms with Crippen LogP contribution in [0.3, 0.4) is 0 Å². The first kappa shape index (κ1) is 8.31. The second-order valence-corrected chi connectivity index (χ2v) is 4.45. The van der Waals surface area contributed by atoms with Crippen molar-refractivity contribution >= 4 is 0 Å². The molecule has 1 saturated carbocycles. The third kappa shape index (κ3) is 1.11. The molecule has 0 radical (unpaired) electrons. The van der Waals surface area contributed by atoms with Crippen LogP contribution >= 0.6 is 0 Å². The first-order valence-electron chi connectivity index (χ1n) is 5.11. The van der Waals surface area contributed by atoms with Crippen molar-refractivity contribution in [3.8, 4) is 0 Å². The highest BCUT2D eigenvalue weighted by Gasteiger charge is 2.39. The Bertz CT molecular complexity index is 207. The van der Waals surface area contributed by atoms with Crippen molar-refractivity contribution in [2.75, 3.05) is 0 Å². The molecule has 2 atom stereocenters. The van der Waals surface area contributed by atoms with Gasteiger partial charge in [0.2, 0.25) is 0 Å². The number of rotatable bonds is 0. The molecule has 0 unspecified atom stereocenters. The molecule has 0 aromatic heterocycles. The summed E-state index contributed by atoms with van der Waals surface area (Å²) in [6, 6.07) is 0. The largest absolute Gasteiger partial charge is 0.392 e. The Morgan fingerprint density at radius 1 is 1.50 bits per heavy atom. The highest BCUT2D eigenvalue weighted by atomic mass is 16.3. The standard InChI is InChI=1S/C11H18O/c1-11-8-3-2-5-9(11)6-4-7-10(11)12/h5,10,12H,2-4,6-8H2,1H3/t10-,11-/m0/s1. The van der Waals surface area contributed by atoms with Crippen molar-refractivity contribution in [2.24, 2.45) is 5.41 Å². The predicted molar refractivity (Wildman–Crippen MR) is 49.9 cm³/mol. The second kappa shape index (κ2) is 2.88. The van der Waals surface area contributed by atoms with Gasteiger partial charge in [0.05, 0.1) is 6.10 Å². The van der Waals surface area contributed by atoms with E-state index >= 15 is 0 Å². The maximum atomic E-state index is 9.92. The maximum absolute atomic E-state index is 9.92. The fourth-order valence-corrected chi connectivity index (χ4v) is 2.71.